The van der Waals surface area contributed by atoms with E-state index in [1.54, 1.807) is 18.3 Å². The Kier molecular flexibility index (Phi) is 7.19. The summed E-state index contributed by atoms with van der Waals surface area (Å²) in [5, 5.41) is 16.7. The smallest absolute Gasteiger partial charge is 0.146 e. The van der Waals surface area contributed by atoms with Gasteiger partial charge in [0.25, 0.3) is 0 Å². The number of aryl methyl sites for hydroxylation is 1. The highest BCUT2D eigenvalue weighted by atomic mass is 15.1. The van der Waals surface area contributed by atoms with Crippen molar-refractivity contribution in [1.29, 1.82) is 5.26 Å². The molecule has 0 fully saturated rings. The first-order valence-corrected chi connectivity index (χ1v) is 8.26. The number of fused-ring (bicyclic) bond motifs is 1. The maximum absolute atomic E-state index is 8.33. The van der Waals surface area contributed by atoms with E-state index >= 15 is 0 Å². The van der Waals surface area contributed by atoms with E-state index in [0.717, 1.165) is 22.3 Å². The van der Waals surface area contributed by atoms with Gasteiger partial charge in [0.2, 0.25) is 0 Å². The molecule has 28 heavy (non-hydrogen) atoms. The summed E-state index contributed by atoms with van der Waals surface area (Å²) in [5.74, 6) is 0.852. The molecule has 4 aromatic rings. The topological polar surface area (TPSA) is 153 Å². The molecule has 0 aliphatic rings. The largest absolute Gasteiger partial charge is 0.398 e. The van der Waals surface area contributed by atoms with Gasteiger partial charge in [0.05, 0.1) is 22.8 Å². The minimum Gasteiger partial charge on any atom is -0.398 e. The van der Waals surface area contributed by atoms with Gasteiger partial charge in [-0.1, -0.05) is 18.2 Å². The van der Waals surface area contributed by atoms with E-state index < -0.39 is 0 Å². The Bertz CT molecular complexity index is 1040. The second-order valence-corrected chi connectivity index (χ2v) is 5.60. The van der Waals surface area contributed by atoms with Crippen molar-refractivity contribution in [3.05, 3.63) is 78.2 Å². The number of para-hydroxylation sites is 1. The average molecular weight is 372 g/mol. The molecular weight excluding hydrogens is 352 g/mol. The van der Waals surface area contributed by atoms with E-state index in [1.807, 2.05) is 49.4 Å². The number of nitrogens with two attached hydrogens (primary N) is 3. The van der Waals surface area contributed by atoms with Crippen LogP contribution in [0.4, 0.5) is 17.3 Å². The van der Waals surface area contributed by atoms with Crippen molar-refractivity contribution in [3.8, 4) is 6.07 Å². The van der Waals surface area contributed by atoms with E-state index in [9.17, 15) is 0 Å². The molecule has 0 amide bonds. The summed E-state index contributed by atoms with van der Waals surface area (Å²) < 4.78 is 0. The minimum absolute atomic E-state index is 0.383. The Morgan fingerprint density at radius 1 is 0.821 bits per heavy atom. The zero-order chi connectivity index (χ0) is 20.4. The van der Waals surface area contributed by atoms with Gasteiger partial charge in [0, 0.05) is 23.5 Å². The molecule has 0 spiro atoms. The Morgan fingerprint density at radius 2 is 1.57 bits per heavy atom. The van der Waals surface area contributed by atoms with Gasteiger partial charge in [-0.05, 0) is 43.3 Å². The van der Waals surface area contributed by atoms with Crippen molar-refractivity contribution in [1.82, 2.24) is 20.2 Å². The van der Waals surface area contributed by atoms with Crippen molar-refractivity contribution in [2.45, 2.75) is 6.92 Å². The first-order chi connectivity index (χ1) is 13.5. The highest BCUT2D eigenvalue weighted by Gasteiger charge is 1.94. The number of nitrogens with zero attached hydrogens (tertiary/aromatic N) is 5. The van der Waals surface area contributed by atoms with Crippen molar-refractivity contribution >= 4 is 28.2 Å². The Morgan fingerprint density at radius 3 is 2.14 bits per heavy atom. The predicted molar refractivity (Wildman–Crippen MR) is 111 cm³/mol. The number of nitriles is 1. The zero-order valence-corrected chi connectivity index (χ0v) is 15.3. The fourth-order valence-corrected chi connectivity index (χ4v) is 2.05. The van der Waals surface area contributed by atoms with Crippen LogP contribution in [0.5, 0.6) is 0 Å². The summed E-state index contributed by atoms with van der Waals surface area (Å²) >= 11 is 0. The van der Waals surface area contributed by atoms with Crippen molar-refractivity contribution in [3.63, 3.8) is 0 Å². The molecule has 0 saturated carbocycles. The van der Waals surface area contributed by atoms with Crippen LogP contribution < -0.4 is 17.2 Å². The predicted octanol–water partition coefficient (Wildman–Crippen LogP) is 2.72. The minimum atomic E-state index is 0.383. The third kappa shape index (κ3) is 6.24. The fourth-order valence-electron chi connectivity index (χ4n) is 2.05. The number of pyridine rings is 2. The number of hydrogen-bond acceptors (Lipinski definition) is 8. The van der Waals surface area contributed by atoms with Gasteiger partial charge in [-0.2, -0.15) is 10.4 Å². The molecule has 140 valence electrons. The molecule has 3 aromatic heterocycles. The van der Waals surface area contributed by atoms with Crippen molar-refractivity contribution in [2.24, 2.45) is 0 Å². The lowest BCUT2D eigenvalue weighted by molar-refractivity contribution is 0.990. The van der Waals surface area contributed by atoms with Gasteiger partial charge in [-0.3, -0.25) is 4.98 Å². The molecule has 4 rings (SSSR count). The maximum Gasteiger partial charge on any atom is 0.146 e. The summed E-state index contributed by atoms with van der Waals surface area (Å²) in [7, 11) is 0. The zero-order valence-electron chi connectivity index (χ0n) is 15.3. The number of hydrogen-bond donors (Lipinski definition) is 3. The van der Waals surface area contributed by atoms with E-state index in [-0.39, 0.29) is 0 Å². The van der Waals surface area contributed by atoms with Gasteiger partial charge < -0.3 is 17.2 Å². The maximum atomic E-state index is 8.33. The normalized spacial score (nSPS) is 9.29. The highest BCUT2D eigenvalue weighted by molar-refractivity contribution is 5.89. The number of rotatable bonds is 0. The monoisotopic (exact) mass is 372 g/mol. The van der Waals surface area contributed by atoms with E-state index in [2.05, 4.69) is 20.2 Å². The van der Waals surface area contributed by atoms with Crippen LogP contribution in [-0.2, 0) is 0 Å². The molecule has 0 aliphatic carbocycles. The highest BCUT2D eigenvalue weighted by Crippen LogP contribution is 2.16. The molecular formula is C20H20N8. The van der Waals surface area contributed by atoms with Gasteiger partial charge >= 0.3 is 0 Å². The SMILES string of the molecule is Cc1ccc(N)nn1.N#Cc1ccnc(N)c1.Nc1ccnc2ccccc12. The molecule has 0 aliphatic heterocycles. The number of nitrogen functional groups attached to an aromatic ring is 3. The fraction of sp³-hybridized carbons (Fsp3) is 0.0500. The second kappa shape index (κ2) is 10.0. The third-order valence-electron chi connectivity index (χ3n) is 3.41. The molecule has 8 nitrogen and oxygen atoms in total. The number of benzene rings is 1. The number of anilines is 3. The second-order valence-electron chi connectivity index (χ2n) is 5.60. The van der Waals surface area contributed by atoms with Crippen molar-refractivity contribution in [2.75, 3.05) is 17.2 Å². The molecule has 0 saturated heterocycles. The van der Waals surface area contributed by atoms with Crippen LogP contribution in [-0.4, -0.2) is 20.2 Å². The van der Waals surface area contributed by atoms with Gasteiger partial charge in [0.1, 0.15) is 11.6 Å². The molecule has 0 atom stereocenters. The first kappa shape index (κ1) is 20.1. The van der Waals surface area contributed by atoms with Crippen LogP contribution in [0.1, 0.15) is 11.3 Å². The summed E-state index contributed by atoms with van der Waals surface area (Å²) in [6, 6.07) is 18.3. The van der Waals surface area contributed by atoms with Crippen LogP contribution >= 0.6 is 0 Å². The van der Waals surface area contributed by atoms with Crippen LogP contribution in [0.3, 0.4) is 0 Å². The lowest BCUT2D eigenvalue weighted by Crippen LogP contribution is -1.92. The summed E-state index contributed by atoms with van der Waals surface area (Å²) in [6.45, 7) is 1.87. The number of aromatic nitrogens is 4. The first-order valence-electron chi connectivity index (χ1n) is 8.26. The van der Waals surface area contributed by atoms with E-state index in [4.69, 9.17) is 22.5 Å². The van der Waals surface area contributed by atoms with Crippen LogP contribution in [0.25, 0.3) is 10.9 Å². The van der Waals surface area contributed by atoms with E-state index in [0.29, 0.717) is 17.2 Å². The quantitative estimate of drug-likeness (QED) is 0.426. The van der Waals surface area contributed by atoms with Crippen LogP contribution in [0.2, 0.25) is 0 Å². The van der Waals surface area contributed by atoms with Crippen LogP contribution in [0, 0.1) is 18.3 Å². The summed E-state index contributed by atoms with van der Waals surface area (Å²) in [4.78, 5) is 7.88. The molecule has 0 bridgehead atoms. The Hall–Kier alpha value is -4.25. The lowest BCUT2D eigenvalue weighted by Gasteiger charge is -1.97. The lowest BCUT2D eigenvalue weighted by atomic mass is 10.2. The third-order valence-corrected chi connectivity index (χ3v) is 3.41. The molecule has 0 radical (unpaired) electrons. The van der Waals surface area contributed by atoms with Crippen molar-refractivity contribution < 1.29 is 0 Å². The molecule has 6 N–H and O–H groups in total. The molecule has 0 unspecified atom stereocenters. The average Bonchev–Trinajstić information content (AvgIpc) is 2.72. The Balaban J connectivity index is 0.000000153. The van der Waals surface area contributed by atoms with Gasteiger partial charge in [-0.25, -0.2) is 4.98 Å². The Labute approximate surface area is 162 Å². The standard InChI is InChI=1S/C9H8N2.C6H5N3.C5H7N3/c10-8-5-6-11-9-4-2-1-3-7(8)9;7-4-5-1-2-9-6(8)3-5;1-4-2-3-5(6)8-7-4/h1-6H,(H2,10,11);1-3H,(H2,8,9);2-3H,1H3,(H2,6,8). The summed E-state index contributed by atoms with van der Waals surface area (Å²) in [5.41, 5.74) is 19.4. The van der Waals surface area contributed by atoms with Gasteiger partial charge in [0.15, 0.2) is 0 Å². The van der Waals surface area contributed by atoms with Crippen LogP contribution in [0.15, 0.2) is 67.0 Å². The molecule has 8 heteroatoms. The van der Waals surface area contributed by atoms with E-state index in [1.165, 1.54) is 12.3 Å². The van der Waals surface area contributed by atoms with Gasteiger partial charge in [-0.15, -0.1) is 5.10 Å². The molecule has 1 aromatic carbocycles. The summed E-state index contributed by atoms with van der Waals surface area (Å²) in [6.07, 6.45) is 3.23. The molecule has 3 heterocycles.